The highest BCUT2D eigenvalue weighted by molar-refractivity contribution is 5.85. The van der Waals surface area contributed by atoms with E-state index in [9.17, 15) is 9.90 Å². The molecule has 0 aromatic carbocycles. The Balaban J connectivity index is 0.00000196. The molecule has 0 aliphatic heterocycles. The Morgan fingerprint density at radius 1 is 1.40 bits per heavy atom. The first-order valence-corrected chi connectivity index (χ1v) is 4.66. The molecule has 0 aliphatic carbocycles. The van der Waals surface area contributed by atoms with Crippen LogP contribution in [-0.4, -0.2) is 21.4 Å². The molecule has 0 aliphatic rings. The minimum atomic E-state index is -0.346. The van der Waals surface area contributed by atoms with Crippen LogP contribution in [0.15, 0.2) is 17.1 Å². The second kappa shape index (κ2) is 6.48. The molecule has 1 aromatic heterocycles. The summed E-state index contributed by atoms with van der Waals surface area (Å²) in [5, 5.41) is 18.0. The lowest BCUT2D eigenvalue weighted by Gasteiger charge is -2.10. The fourth-order valence-corrected chi connectivity index (χ4v) is 1.30. The number of aryl methyl sites for hydroxylation is 1. The number of aliphatic hydroxyl groups excluding tert-OH is 1. The molecule has 0 spiro atoms. The van der Waals surface area contributed by atoms with Crippen molar-refractivity contribution in [3.63, 3.8) is 0 Å². The summed E-state index contributed by atoms with van der Waals surface area (Å²) in [4.78, 5) is 11.0. The van der Waals surface area contributed by atoms with E-state index in [2.05, 4.69) is 0 Å². The summed E-state index contributed by atoms with van der Waals surface area (Å²) < 4.78 is 1.81. The van der Waals surface area contributed by atoms with Crippen molar-refractivity contribution in [2.75, 3.05) is 6.61 Å². The SMILES string of the molecule is Cc1c(O)c(=O)ccn1CCCCO.Cl. The number of hydrogen-bond donors (Lipinski definition) is 2. The zero-order valence-corrected chi connectivity index (χ0v) is 9.46. The van der Waals surface area contributed by atoms with Crippen molar-refractivity contribution < 1.29 is 10.2 Å². The van der Waals surface area contributed by atoms with Crippen molar-refractivity contribution in [2.45, 2.75) is 26.3 Å². The van der Waals surface area contributed by atoms with Crippen LogP contribution in [0.3, 0.4) is 0 Å². The van der Waals surface area contributed by atoms with Gasteiger partial charge in [-0.05, 0) is 19.8 Å². The molecule has 5 heteroatoms. The maximum atomic E-state index is 11.0. The van der Waals surface area contributed by atoms with Crippen molar-refractivity contribution in [1.29, 1.82) is 0 Å². The lowest BCUT2D eigenvalue weighted by Crippen LogP contribution is -2.10. The number of hydrogen-bond acceptors (Lipinski definition) is 3. The third kappa shape index (κ3) is 3.57. The maximum absolute atomic E-state index is 11.0. The van der Waals surface area contributed by atoms with Gasteiger partial charge in [0.25, 0.3) is 0 Å². The summed E-state index contributed by atoms with van der Waals surface area (Å²) in [5.41, 5.74) is 0.233. The smallest absolute Gasteiger partial charge is 0.223 e. The van der Waals surface area contributed by atoms with Gasteiger partial charge in [0.1, 0.15) is 0 Å². The van der Waals surface area contributed by atoms with E-state index >= 15 is 0 Å². The van der Waals surface area contributed by atoms with E-state index in [0.29, 0.717) is 12.2 Å². The van der Waals surface area contributed by atoms with Crippen molar-refractivity contribution >= 4 is 12.4 Å². The van der Waals surface area contributed by atoms with Crippen molar-refractivity contribution in [1.82, 2.24) is 4.57 Å². The van der Waals surface area contributed by atoms with Crippen LogP contribution in [0.1, 0.15) is 18.5 Å². The van der Waals surface area contributed by atoms with E-state index < -0.39 is 0 Å². The first-order valence-electron chi connectivity index (χ1n) is 4.66. The Kier molecular flexibility index (Phi) is 6.05. The van der Waals surface area contributed by atoms with Gasteiger partial charge in [-0.1, -0.05) is 0 Å². The number of rotatable bonds is 4. The molecule has 1 heterocycles. The molecule has 4 nitrogen and oxygen atoms in total. The molecule has 0 saturated carbocycles. The number of halogens is 1. The van der Waals surface area contributed by atoms with Crippen molar-refractivity contribution in [3.8, 4) is 5.75 Å². The van der Waals surface area contributed by atoms with Gasteiger partial charge in [-0.15, -0.1) is 12.4 Å². The second-order valence-electron chi connectivity index (χ2n) is 3.24. The van der Waals surface area contributed by atoms with Gasteiger partial charge in [0.2, 0.25) is 5.43 Å². The number of pyridine rings is 1. The molecule has 0 fully saturated rings. The largest absolute Gasteiger partial charge is 0.503 e. The van der Waals surface area contributed by atoms with Crippen molar-refractivity contribution in [3.05, 3.63) is 28.2 Å². The topological polar surface area (TPSA) is 62.5 Å². The average molecular weight is 234 g/mol. The van der Waals surface area contributed by atoms with E-state index in [0.717, 1.165) is 12.8 Å². The van der Waals surface area contributed by atoms with E-state index in [-0.39, 0.29) is 30.2 Å². The standard InChI is InChI=1S/C10H15NO3.ClH/c1-8-10(14)9(13)4-6-11(8)5-2-3-7-12;/h4,6,12,14H,2-3,5,7H2,1H3;1H. The monoisotopic (exact) mass is 233 g/mol. The van der Waals surface area contributed by atoms with Crippen LogP contribution in [0.5, 0.6) is 5.75 Å². The highest BCUT2D eigenvalue weighted by atomic mass is 35.5. The number of aliphatic hydroxyl groups is 1. The Morgan fingerprint density at radius 3 is 2.67 bits per heavy atom. The van der Waals surface area contributed by atoms with E-state index in [4.69, 9.17) is 5.11 Å². The fraction of sp³-hybridized carbons (Fsp3) is 0.500. The molecular weight excluding hydrogens is 218 g/mol. The van der Waals surface area contributed by atoms with Gasteiger partial charge in [0, 0.05) is 25.4 Å². The quantitative estimate of drug-likeness (QED) is 0.765. The van der Waals surface area contributed by atoms with E-state index in [1.165, 1.54) is 6.07 Å². The molecular formula is C10H16ClNO3. The molecule has 0 unspecified atom stereocenters. The lowest BCUT2D eigenvalue weighted by atomic mass is 10.3. The molecule has 0 radical (unpaired) electrons. The molecule has 0 saturated heterocycles. The van der Waals surface area contributed by atoms with Crippen LogP contribution in [-0.2, 0) is 6.54 Å². The normalized spacial score (nSPS) is 9.73. The number of unbranched alkanes of at least 4 members (excludes halogenated alkanes) is 1. The van der Waals surface area contributed by atoms with Gasteiger partial charge in [0.15, 0.2) is 5.75 Å². The Bertz CT molecular complexity index is 362. The van der Waals surface area contributed by atoms with Gasteiger partial charge >= 0.3 is 0 Å². The van der Waals surface area contributed by atoms with Crippen molar-refractivity contribution in [2.24, 2.45) is 0 Å². The first kappa shape index (κ1) is 14.0. The van der Waals surface area contributed by atoms with Crippen LogP contribution in [0.2, 0.25) is 0 Å². The first-order chi connectivity index (χ1) is 6.66. The summed E-state index contributed by atoms with van der Waals surface area (Å²) in [6.07, 6.45) is 3.22. The molecule has 2 N–H and O–H groups in total. The minimum Gasteiger partial charge on any atom is -0.503 e. The molecule has 0 atom stereocenters. The molecule has 1 rings (SSSR count). The fourth-order valence-electron chi connectivity index (χ4n) is 1.30. The summed E-state index contributed by atoms with van der Waals surface area (Å²) >= 11 is 0. The van der Waals surface area contributed by atoms with Crippen LogP contribution < -0.4 is 5.43 Å². The molecule has 15 heavy (non-hydrogen) atoms. The summed E-state index contributed by atoms with van der Waals surface area (Å²) in [6, 6.07) is 1.35. The summed E-state index contributed by atoms with van der Waals surface area (Å²) in [7, 11) is 0. The Labute approximate surface area is 94.6 Å². The second-order valence-corrected chi connectivity index (χ2v) is 3.24. The van der Waals surface area contributed by atoms with Gasteiger partial charge in [-0.2, -0.15) is 0 Å². The third-order valence-electron chi connectivity index (χ3n) is 2.22. The number of aromatic nitrogens is 1. The predicted octanol–water partition coefficient (Wildman–Crippen LogP) is 1.06. The van der Waals surface area contributed by atoms with Gasteiger partial charge in [-0.3, -0.25) is 4.79 Å². The van der Waals surface area contributed by atoms with Crippen LogP contribution in [0.4, 0.5) is 0 Å². The maximum Gasteiger partial charge on any atom is 0.223 e. The summed E-state index contributed by atoms with van der Waals surface area (Å²) in [6.45, 7) is 2.58. The predicted molar refractivity (Wildman–Crippen MR) is 60.7 cm³/mol. The van der Waals surface area contributed by atoms with E-state index in [1.807, 2.05) is 4.57 Å². The van der Waals surface area contributed by atoms with Crippen LogP contribution in [0.25, 0.3) is 0 Å². The van der Waals surface area contributed by atoms with Gasteiger partial charge in [-0.25, -0.2) is 0 Å². The zero-order valence-electron chi connectivity index (χ0n) is 8.64. The summed E-state index contributed by atoms with van der Waals surface area (Å²) in [5.74, 6) is -0.184. The highest BCUT2D eigenvalue weighted by Gasteiger charge is 2.03. The third-order valence-corrected chi connectivity index (χ3v) is 2.22. The molecule has 86 valence electrons. The highest BCUT2D eigenvalue weighted by Crippen LogP contribution is 2.09. The van der Waals surface area contributed by atoms with Gasteiger partial charge < -0.3 is 14.8 Å². The molecule has 1 aromatic rings. The molecule has 0 bridgehead atoms. The van der Waals surface area contributed by atoms with Crippen LogP contribution >= 0.6 is 12.4 Å². The zero-order chi connectivity index (χ0) is 10.6. The van der Waals surface area contributed by atoms with E-state index in [1.54, 1.807) is 13.1 Å². The lowest BCUT2D eigenvalue weighted by molar-refractivity contribution is 0.281. The Hall–Kier alpha value is -1.00. The Morgan fingerprint density at radius 2 is 2.07 bits per heavy atom. The average Bonchev–Trinajstić information content (AvgIpc) is 2.18. The minimum absolute atomic E-state index is 0. The molecule has 0 amide bonds. The number of nitrogens with zero attached hydrogens (tertiary/aromatic N) is 1. The van der Waals surface area contributed by atoms with Gasteiger partial charge in [0.05, 0.1) is 5.69 Å². The van der Waals surface area contributed by atoms with Crippen LogP contribution in [0, 0.1) is 6.92 Å². The number of aromatic hydroxyl groups is 1.